The number of thiophene rings is 1. The van der Waals surface area contributed by atoms with Crippen LogP contribution in [0, 0.1) is 5.92 Å². The molecule has 0 aliphatic heterocycles. The van der Waals surface area contributed by atoms with Crippen LogP contribution in [0.5, 0.6) is 0 Å². The zero-order valence-corrected chi connectivity index (χ0v) is 14.8. The van der Waals surface area contributed by atoms with Crippen LogP contribution in [0.4, 0.5) is 4.79 Å². The Hall–Kier alpha value is -1.07. The van der Waals surface area contributed by atoms with Crippen LogP contribution in [0.15, 0.2) is 17.5 Å². The van der Waals surface area contributed by atoms with Gasteiger partial charge in [0, 0.05) is 23.5 Å². The van der Waals surface area contributed by atoms with Crippen molar-refractivity contribution in [2.24, 2.45) is 5.92 Å². The largest absolute Gasteiger partial charge is 0.444 e. The lowest BCUT2D eigenvalue weighted by Gasteiger charge is -2.26. The summed E-state index contributed by atoms with van der Waals surface area (Å²) in [6.07, 6.45) is 3.23. The Bertz CT molecular complexity index is 464. The van der Waals surface area contributed by atoms with Gasteiger partial charge in [0.2, 0.25) is 0 Å². The van der Waals surface area contributed by atoms with Crippen molar-refractivity contribution in [3.8, 4) is 0 Å². The molecule has 1 saturated carbocycles. The lowest BCUT2D eigenvalue weighted by Crippen LogP contribution is -2.44. The number of hydrogen-bond donors (Lipinski definition) is 2. The molecule has 0 aromatic carbocycles. The standard InChI is InChI=1S/C17H28N2O2S/c1-5-13(11-18-16(20)21-17(2,3)4)19-15(12-8-9-12)14-7-6-10-22-14/h6-7,10,12-13,15,19H,5,8-9,11H2,1-4H3,(H,18,20). The molecule has 0 bridgehead atoms. The van der Waals surface area contributed by atoms with E-state index in [4.69, 9.17) is 4.74 Å². The van der Waals surface area contributed by atoms with Gasteiger partial charge >= 0.3 is 6.09 Å². The Balaban J connectivity index is 1.84. The number of alkyl carbamates (subject to hydrolysis) is 1. The van der Waals surface area contributed by atoms with Crippen molar-refractivity contribution in [1.29, 1.82) is 0 Å². The second-order valence-corrected chi connectivity index (χ2v) is 7.96. The van der Waals surface area contributed by atoms with Crippen LogP contribution in [-0.4, -0.2) is 24.3 Å². The van der Waals surface area contributed by atoms with E-state index in [1.54, 1.807) is 0 Å². The van der Waals surface area contributed by atoms with Crippen molar-refractivity contribution in [3.05, 3.63) is 22.4 Å². The van der Waals surface area contributed by atoms with Gasteiger partial charge in [-0.05, 0) is 57.4 Å². The number of carbonyl (C=O) groups is 1. The van der Waals surface area contributed by atoms with Gasteiger partial charge in [0.1, 0.15) is 5.60 Å². The second kappa shape index (κ2) is 7.47. The highest BCUT2D eigenvalue weighted by Gasteiger charge is 2.34. The first-order valence-electron chi connectivity index (χ1n) is 8.15. The highest BCUT2D eigenvalue weighted by Crippen LogP contribution is 2.42. The Morgan fingerprint density at radius 2 is 2.18 bits per heavy atom. The first-order chi connectivity index (χ1) is 10.4. The average Bonchev–Trinajstić information content (AvgIpc) is 3.11. The number of rotatable bonds is 7. The summed E-state index contributed by atoms with van der Waals surface area (Å²) in [4.78, 5) is 13.2. The molecule has 22 heavy (non-hydrogen) atoms. The van der Waals surface area contributed by atoms with Crippen LogP contribution < -0.4 is 10.6 Å². The molecule has 1 aromatic rings. The minimum atomic E-state index is -0.452. The van der Waals surface area contributed by atoms with Gasteiger partial charge in [-0.25, -0.2) is 4.79 Å². The van der Waals surface area contributed by atoms with Crippen LogP contribution in [0.25, 0.3) is 0 Å². The summed E-state index contributed by atoms with van der Waals surface area (Å²) in [6, 6.07) is 5.00. The quantitative estimate of drug-likeness (QED) is 0.794. The fourth-order valence-corrected chi connectivity index (χ4v) is 3.32. The van der Waals surface area contributed by atoms with Crippen molar-refractivity contribution >= 4 is 17.4 Å². The monoisotopic (exact) mass is 324 g/mol. The molecule has 0 radical (unpaired) electrons. The molecule has 2 atom stereocenters. The van der Waals surface area contributed by atoms with E-state index >= 15 is 0 Å². The third-order valence-electron chi connectivity index (χ3n) is 3.74. The molecule has 1 amide bonds. The normalized spacial score (nSPS) is 17.8. The fraction of sp³-hybridized carbons (Fsp3) is 0.706. The highest BCUT2D eigenvalue weighted by atomic mass is 32.1. The van der Waals surface area contributed by atoms with E-state index < -0.39 is 5.60 Å². The lowest BCUT2D eigenvalue weighted by molar-refractivity contribution is 0.0521. The van der Waals surface area contributed by atoms with E-state index in [0.717, 1.165) is 12.3 Å². The van der Waals surface area contributed by atoms with Crippen molar-refractivity contribution in [3.63, 3.8) is 0 Å². The number of carbonyl (C=O) groups excluding carboxylic acids is 1. The molecule has 4 nitrogen and oxygen atoms in total. The summed E-state index contributed by atoms with van der Waals surface area (Å²) in [5.74, 6) is 0.745. The summed E-state index contributed by atoms with van der Waals surface area (Å²) in [7, 11) is 0. The minimum Gasteiger partial charge on any atom is -0.444 e. The van der Waals surface area contributed by atoms with Crippen molar-refractivity contribution in [2.45, 2.75) is 64.6 Å². The molecule has 1 heterocycles. The maximum Gasteiger partial charge on any atom is 0.407 e. The Kier molecular flexibility index (Phi) is 5.87. The number of nitrogens with one attached hydrogen (secondary N) is 2. The molecule has 1 aliphatic carbocycles. The molecule has 2 N–H and O–H groups in total. The predicted molar refractivity (Wildman–Crippen MR) is 91.2 cm³/mol. The van der Waals surface area contributed by atoms with Gasteiger partial charge in [-0.15, -0.1) is 11.3 Å². The van der Waals surface area contributed by atoms with Gasteiger partial charge in [-0.2, -0.15) is 0 Å². The van der Waals surface area contributed by atoms with Crippen molar-refractivity contribution in [1.82, 2.24) is 10.6 Å². The van der Waals surface area contributed by atoms with E-state index in [1.165, 1.54) is 17.7 Å². The number of hydrogen-bond acceptors (Lipinski definition) is 4. The average molecular weight is 324 g/mol. The fourth-order valence-electron chi connectivity index (χ4n) is 2.44. The molecule has 2 rings (SSSR count). The molecule has 0 spiro atoms. The Labute approximate surface area is 137 Å². The van der Waals surface area contributed by atoms with Crippen LogP contribution in [0.3, 0.4) is 0 Å². The van der Waals surface area contributed by atoms with Gasteiger partial charge in [0.15, 0.2) is 0 Å². The van der Waals surface area contributed by atoms with Gasteiger partial charge in [-0.1, -0.05) is 13.0 Å². The van der Waals surface area contributed by atoms with E-state index in [-0.39, 0.29) is 12.1 Å². The molecule has 1 aromatic heterocycles. The van der Waals surface area contributed by atoms with Crippen molar-refractivity contribution in [2.75, 3.05) is 6.54 Å². The van der Waals surface area contributed by atoms with Crippen LogP contribution in [0.1, 0.15) is 57.9 Å². The molecule has 0 saturated heterocycles. The summed E-state index contributed by atoms with van der Waals surface area (Å²) in [6.45, 7) is 8.37. The summed E-state index contributed by atoms with van der Waals surface area (Å²) in [5.41, 5.74) is -0.452. The third-order valence-corrected chi connectivity index (χ3v) is 4.70. The van der Waals surface area contributed by atoms with E-state index in [9.17, 15) is 4.79 Å². The van der Waals surface area contributed by atoms with Crippen molar-refractivity contribution < 1.29 is 9.53 Å². The zero-order chi connectivity index (χ0) is 16.2. The van der Waals surface area contributed by atoms with Gasteiger partial charge < -0.3 is 15.4 Å². The topological polar surface area (TPSA) is 50.4 Å². The predicted octanol–water partition coefficient (Wildman–Crippen LogP) is 4.09. The second-order valence-electron chi connectivity index (χ2n) is 6.99. The smallest absolute Gasteiger partial charge is 0.407 e. The Morgan fingerprint density at radius 1 is 1.45 bits per heavy atom. The van der Waals surface area contributed by atoms with Crippen LogP contribution in [0.2, 0.25) is 0 Å². The maximum atomic E-state index is 11.8. The van der Waals surface area contributed by atoms with Gasteiger partial charge in [-0.3, -0.25) is 0 Å². The van der Waals surface area contributed by atoms with Crippen LogP contribution in [-0.2, 0) is 4.74 Å². The van der Waals surface area contributed by atoms with Gasteiger partial charge in [0.25, 0.3) is 0 Å². The molecular formula is C17H28N2O2S. The highest BCUT2D eigenvalue weighted by molar-refractivity contribution is 7.10. The first kappa shape index (κ1) is 17.3. The van der Waals surface area contributed by atoms with E-state index in [2.05, 4.69) is 35.1 Å². The zero-order valence-electron chi connectivity index (χ0n) is 14.0. The molecule has 2 unspecified atom stereocenters. The summed E-state index contributed by atoms with van der Waals surface area (Å²) in [5, 5.41) is 8.74. The Morgan fingerprint density at radius 3 is 2.68 bits per heavy atom. The third kappa shape index (κ3) is 5.61. The van der Waals surface area contributed by atoms with E-state index in [0.29, 0.717) is 12.6 Å². The molecule has 1 fully saturated rings. The molecule has 5 heteroatoms. The number of ether oxygens (including phenoxy) is 1. The summed E-state index contributed by atoms with van der Waals surface area (Å²) >= 11 is 1.81. The van der Waals surface area contributed by atoms with Gasteiger partial charge in [0.05, 0.1) is 0 Å². The van der Waals surface area contributed by atoms with E-state index in [1.807, 2.05) is 32.1 Å². The minimum absolute atomic E-state index is 0.264. The lowest BCUT2D eigenvalue weighted by atomic mass is 10.1. The molecule has 1 aliphatic rings. The molecule has 124 valence electrons. The maximum absolute atomic E-state index is 11.8. The summed E-state index contributed by atoms with van der Waals surface area (Å²) < 4.78 is 5.29. The number of amides is 1. The SMILES string of the molecule is CCC(CNC(=O)OC(C)(C)C)NC(c1cccs1)C1CC1. The first-order valence-corrected chi connectivity index (χ1v) is 9.03. The molecular weight excluding hydrogens is 296 g/mol. The van der Waals surface area contributed by atoms with Crippen LogP contribution >= 0.6 is 11.3 Å².